The van der Waals surface area contributed by atoms with Gasteiger partial charge in [-0.1, -0.05) is 28.1 Å². The van der Waals surface area contributed by atoms with Crippen molar-refractivity contribution in [2.24, 2.45) is 11.1 Å². The van der Waals surface area contributed by atoms with Crippen molar-refractivity contribution in [2.75, 3.05) is 17.2 Å². The number of primary sulfonamides is 1. The summed E-state index contributed by atoms with van der Waals surface area (Å²) in [5, 5.41) is 9.37. The SMILES string of the molecule is NS(=O)(=O)CC1CC(=O)N(c2ccnn2Cc2ccc(Br)cc2)C1. The van der Waals surface area contributed by atoms with Crippen LogP contribution in [0.2, 0.25) is 0 Å². The van der Waals surface area contributed by atoms with Crippen molar-refractivity contribution in [1.82, 2.24) is 9.78 Å². The lowest BCUT2D eigenvalue weighted by Gasteiger charge is -2.18. The third-order valence-electron chi connectivity index (χ3n) is 3.89. The standard InChI is InChI=1S/C15H17BrN4O3S/c16-13-3-1-11(2-4-13)9-20-14(5-6-18-20)19-8-12(7-15(19)21)10-24(17,22)23/h1-6,12H,7-10H2,(H2,17,22,23). The highest BCUT2D eigenvalue weighted by atomic mass is 79.9. The Hall–Kier alpha value is -1.71. The minimum Gasteiger partial charge on any atom is -0.297 e. The van der Waals surface area contributed by atoms with Crippen molar-refractivity contribution < 1.29 is 13.2 Å². The zero-order valence-electron chi connectivity index (χ0n) is 12.8. The van der Waals surface area contributed by atoms with Crippen LogP contribution < -0.4 is 10.0 Å². The van der Waals surface area contributed by atoms with Crippen LogP contribution in [0.3, 0.4) is 0 Å². The summed E-state index contributed by atoms with van der Waals surface area (Å²) in [6, 6.07) is 9.61. The van der Waals surface area contributed by atoms with E-state index < -0.39 is 10.0 Å². The molecule has 1 aromatic heterocycles. The molecule has 0 radical (unpaired) electrons. The average molecular weight is 413 g/mol. The number of hydrogen-bond donors (Lipinski definition) is 1. The van der Waals surface area contributed by atoms with Crippen LogP contribution in [-0.4, -0.2) is 36.4 Å². The van der Waals surface area contributed by atoms with Crippen LogP contribution in [-0.2, 0) is 21.4 Å². The van der Waals surface area contributed by atoms with Crippen molar-refractivity contribution in [3.05, 3.63) is 46.6 Å². The molecule has 1 saturated heterocycles. The first kappa shape index (κ1) is 17.1. The van der Waals surface area contributed by atoms with Gasteiger partial charge in [-0.2, -0.15) is 5.10 Å². The van der Waals surface area contributed by atoms with E-state index in [1.54, 1.807) is 21.8 Å². The Labute approximate surface area is 148 Å². The van der Waals surface area contributed by atoms with Gasteiger partial charge in [-0.3, -0.25) is 9.69 Å². The van der Waals surface area contributed by atoms with Gasteiger partial charge < -0.3 is 0 Å². The summed E-state index contributed by atoms with van der Waals surface area (Å²) >= 11 is 3.40. The van der Waals surface area contributed by atoms with Gasteiger partial charge >= 0.3 is 0 Å². The number of carbonyl (C=O) groups is 1. The molecule has 1 fully saturated rings. The highest BCUT2D eigenvalue weighted by Crippen LogP contribution is 2.26. The molecule has 3 rings (SSSR count). The van der Waals surface area contributed by atoms with Crippen LogP contribution in [0, 0.1) is 5.92 Å². The van der Waals surface area contributed by atoms with E-state index in [2.05, 4.69) is 21.0 Å². The number of carbonyl (C=O) groups excluding carboxylic acids is 1. The maximum Gasteiger partial charge on any atom is 0.228 e. The molecule has 0 spiro atoms. The molecule has 2 heterocycles. The van der Waals surface area contributed by atoms with Crippen molar-refractivity contribution >= 4 is 37.7 Å². The third kappa shape index (κ3) is 4.03. The summed E-state index contributed by atoms with van der Waals surface area (Å²) in [6.45, 7) is 0.862. The van der Waals surface area contributed by atoms with E-state index in [0.29, 0.717) is 18.9 Å². The number of nitrogens with zero attached hydrogens (tertiary/aromatic N) is 3. The van der Waals surface area contributed by atoms with Crippen LogP contribution >= 0.6 is 15.9 Å². The summed E-state index contributed by atoms with van der Waals surface area (Å²) in [6.07, 6.45) is 1.81. The van der Waals surface area contributed by atoms with Gasteiger partial charge in [0, 0.05) is 29.4 Å². The molecule has 128 valence electrons. The first-order valence-electron chi connectivity index (χ1n) is 7.39. The van der Waals surface area contributed by atoms with Crippen LogP contribution in [0.5, 0.6) is 0 Å². The molecule has 1 amide bonds. The van der Waals surface area contributed by atoms with Crippen LogP contribution in [0.1, 0.15) is 12.0 Å². The number of rotatable bonds is 5. The van der Waals surface area contributed by atoms with Gasteiger partial charge in [-0.05, 0) is 17.7 Å². The van der Waals surface area contributed by atoms with Gasteiger partial charge in [0.15, 0.2) is 0 Å². The van der Waals surface area contributed by atoms with Gasteiger partial charge in [0.1, 0.15) is 5.82 Å². The Balaban J connectivity index is 1.77. The van der Waals surface area contributed by atoms with E-state index in [1.807, 2.05) is 24.3 Å². The summed E-state index contributed by atoms with van der Waals surface area (Å²) in [7, 11) is -3.59. The van der Waals surface area contributed by atoms with E-state index in [1.165, 1.54) is 0 Å². The molecular weight excluding hydrogens is 396 g/mol. The lowest BCUT2D eigenvalue weighted by Crippen LogP contribution is -2.29. The topological polar surface area (TPSA) is 98.3 Å². The highest BCUT2D eigenvalue weighted by Gasteiger charge is 2.34. The predicted octanol–water partition coefficient (Wildman–Crippen LogP) is 1.34. The molecule has 0 bridgehead atoms. The average Bonchev–Trinajstić information content (AvgIpc) is 3.06. The molecular formula is C15H17BrN4O3S. The number of nitrogens with two attached hydrogens (primary N) is 1. The summed E-state index contributed by atoms with van der Waals surface area (Å²) in [5.41, 5.74) is 1.05. The van der Waals surface area contributed by atoms with E-state index in [0.717, 1.165) is 10.0 Å². The van der Waals surface area contributed by atoms with Gasteiger partial charge in [0.05, 0.1) is 18.5 Å². The summed E-state index contributed by atoms with van der Waals surface area (Å²) in [4.78, 5) is 13.8. The molecule has 1 unspecified atom stereocenters. The Morgan fingerprint density at radius 3 is 2.62 bits per heavy atom. The second-order valence-electron chi connectivity index (χ2n) is 5.88. The highest BCUT2D eigenvalue weighted by molar-refractivity contribution is 9.10. The van der Waals surface area contributed by atoms with E-state index in [-0.39, 0.29) is 24.0 Å². The van der Waals surface area contributed by atoms with Crippen molar-refractivity contribution in [3.8, 4) is 0 Å². The molecule has 2 aromatic rings. The van der Waals surface area contributed by atoms with Crippen LogP contribution in [0.15, 0.2) is 41.0 Å². The number of benzene rings is 1. The normalized spacial score (nSPS) is 18.3. The number of hydrogen-bond acceptors (Lipinski definition) is 4. The minimum atomic E-state index is -3.59. The number of halogens is 1. The zero-order chi connectivity index (χ0) is 17.3. The second-order valence-corrected chi connectivity index (χ2v) is 8.45. The molecule has 9 heteroatoms. The quantitative estimate of drug-likeness (QED) is 0.800. The molecule has 2 N–H and O–H groups in total. The number of sulfonamides is 1. The lowest BCUT2D eigenvalue weighted by atomic mass is 10.1. The van der Waals surface area contributed by atoms with E-state index in [4.69, 9.17) is 5.14 Å². The predicted molar refractivity (Wildman–Crippen MR) is 93.9 cm³/mol. The van der Waals surface area contributed by atoms with Crippen LogP contribution in [0.25, 0.3) is 0 Å². The molecule has 1 atom stereocenters. The fourth-order valence-electron chi connectivity index (χ4n) is 2.88. The largest absolute Gasteiger partial charge is 0.297 e. The Kier molecular flexibility index (Phi) is 4.75. The first-order valence-corrected chi connectivity index (χ1v) is 9.90. The van der Waals surface area contributed by atoms with Crippen molar-refractivity contribution in [2.45, 2.75) is 13.0 Å². The lowest BCUT2D eigenvalue weighted by molar-refractivity contribution is -0.117. The number of amides is 1. The maximum absolute atomic E-state index is 12.3. The fourth-order valence-corrected chi connectivity index (χ4v) is 4.03. The summed E-state index contributed by atoms with van der Waals surface area (Å²) < 4.78 is 25.2. The molecule has 0 aliphatic carbocycles. The fraction of sp³-hybridized carbons (Fsp3) is 0.333. The third-order valence-corrected chi connectivity index (χ3v) is 5.35. The smallest absolute Gasteiger partial charge is 0.228 e. The minimum absolute atomic E-state index is 0.110. The van der Waals surface area contributed by atoms with Gasteiger partial charge in [-0.15, -0.1) is 0 Å². The van der Waals surface area contributed by atoms with E-state index in [9.17, 15) is 13.2 Å². The summed E-state index contributed by atoms with van der Waals surface area (Å²) in [5.74, 6) is 0.0837. The first-order chi connectivity index (χ1) is 11.3. The molecule has 1 aliphatic heterocycles. The Morgan fingerprint density at radius 2 is 1.96 bits per heavy atom. The number of aromatic nitrogens is 2. The Bertz CT molecular complexity index is 848. The van der Waals surface area contributed by atoms with Gasteiger partial charge in [-0.25, -0.2) is 18.2 Å². The maximum atomic E-state index is 12.3. The van der Waals surface area contributed by atoms with Crippen molar-refractivity contribution in [3.63, 3.8) is 0 Å². The molecule has 7 nitrogen and oxygen atoms in total. The molecule has 0 saturated carbocycles. The zero-order valence-corrected chi connectivity index (χ0v) is 15.2. The second kappa shape index (κ2) is 6.66. The van der Waals surface area contributed by atoms with Crippen LogP contribution in [0.4, 0.5) is 5.82 Å². The Morgan fingerprint density at radius 1 is 1.25 bits per heavy atom. The van der Waals surface area contributed by atoms with Gasteiger partial charge in [0.25, 0.3) is 0 Å². The monoisotopic (exact) mass is 412 g/mol. The van der Waals surface area contributed by atoms with Gasteiger partial charge in [0.2, 0.25) is 15.9 Å². The number of anilines is 1. The molecule has 1 aromatic carbocycles. The molecule has 24 heavy (non-hydrogen) atoms. The van der Waals surface area contributed by atoms with E-state index >= 15 is 0 Å². The molecule has 1 aliphatic rings. The van der Waals surface area contributed by atoms with Crippen molar-refractivity contribution in [1.29, 1.82) is 0 Å².